The van der Waals surface area contributed by atoms with Crippen LogP contribution in [0.25, 0.3) is 0 Å². The summed E-state index contributed by atoms with van der Waals surface area (Å²) in [5, 5.41) is 3.22. The molecular formula is C17H21N3O. The standard InChI is InChI=1S/C17H21N3O/c1-3-19-16-7-5-15(6-8-16)17(21)20(4-2)13-14-9-11-18-12-10-14/h5-12,19H,3-4,13H2,1-2H3. The van der Waals surface area contributed by atoms with Crippen LogP contribution >= 0.6 is 0 Å². The monoisotopic (exact) mass is 283 g/mol. The number of pyridine rings is 1. The fourth-order valence-electron chi connectivity index (χ4n) is 2.15. The number of benzene rings is 1. The van der Waals surface area contributed by atoms with Crippen molar-refractivity contribution in [1.82, 2.24) is 9.88 Å². The minimum absolute atomic E-state index is 0.0531. The Morgan fingerprint density at radius 1 is 1.10 bits per heavy atom. The molecule has 1 aromatic heterocycles. The largest absolute Gasteiger partial charge is 0.385 e. The summed E-state index contributed by atoms with van der Waals surface area (Å²) in [5.41, 5.74) is 2.84. The van der Waals surface area contributed by atoms with Gasteiger partial charge in [0.15, 0.2) is 0 Å². The predicted octanol–water partition coefficient (Wildman–Crippen LogP) is 3.18. The molecule has 0 aliphatic heterocycles. The second-order valence-corrected chi connectivity index (χ2v) is 4.78. The Morgan fingerprint density at radius 3 is 2.33 bits per heavy atom. The van der Waals surface area contributed by atoms with Crippen LogP contribution in [0.15, 0.2) is 48.8 Å². The van der Waals surface area contributed by atoms with E-state index in [1.807, 2.05) is 55.1 Å². The summed E-state index contributed by atoms with van der Waals surface area (Å²) < 4.78 is 0. The SMILES string of the molecule is CCNc1ccc(C(=O)N(CC)Cc2ccncc2)cc1. The molecule has 0 saturated carbocycles. The molecule has 2 aromatic rings. The van der Waals surface area contributed by atoms with Crippen LogP contribution in [-0.2, 0) is 6.54 Å². The van der Waals surface area contributed by atoms with Gasteiger partial charge in [0.1, 0.15) is 0 Å². The van der Waals surface area contributed by atoms with Crippen LogP contribution in [0.5, 0.6) is 0 Å². The van der Waals surface area contributed by atoms with E-state index in [-0.39, 0.29) is 5.91 Å². The molecule has 110 valence electrons. The number of nitrogens with one attached hydrogen (secondary N) is 1. The highest BCUT2D eigenvalue weighted by molar-refractivity contribution is 5.94. The van der Waals surface area contributed by atoms with Crippen LogP contribution in [0.4, 0.5) is 5.69 Å². The van der Waals surface area contributed by atoms with Gasteiger partial charge in [-0.3, -0.25) is 9.78 Å². The first-order valence-electron chi connectivity index (χ1n) is 7.26. The Hall–Kier alpha value is -2.36. The number of anilines is 1. The number of hydrogen-bond donors (Lipinski definition) is 1. The number of nitrogens with zero attached hydrogens (tertiary/aromatic N) is 2. The van der Waals surface area contributed by atoms with Crippen molar-refractivity contribution in [2.75, 3.05) is 18.4 Å². The Labute approximate surface area is 125 Å². The first-order valence-corrected chi connectivity index (χ1v) is 7.26. The van der Waals surface area contributed by atoms with Crippen LogP contribution < -0.4 is 5.32 Å². The third-order valence-corrected chi connectivity index (χ3v) is 3.30. The predicted molar refractivity (Wildman–Crippen MR) is 85.3 cm³/mol. The van der Waals surface area contributed by atoms with Crippen molar-refractivity contribution in [2.24, 2.45) is 0 Å². The van der Waals surface area contributed by atoms with E-state index < -0.39 is 0 Å². The van der Waals surface area contributed by atoms with Gasteiger partial charge in [-0.1, -0.05) is 0 Å². The third kappa shape index (κ3) is 4.05. The van der Waals surface area contributed by atoms with Crippen LogP contribution in [-0.4, -0.2) is 28.9 Å². The molecule has 0 atom stereocenters. The van der Waals surface area contributed by atoms with Gasteiger partial charge in [0.2, 0.25) is 0 Å². The van der Waals surface area contributed by atoms with Gasteiger partial charge in [-0.2, -0.15) is 0 Å². The molecule has 0 saturated heterocycles. The van der Waals surface area contributed by atoms with E-state index in [0.29, 0.717) is 18.7 Å². The Bertz CT molecular complexity index is 566. The minimum Gasteiger partial charge on any atom is -0.385 e. The van der Waals surface area contributed by atoms with E-state index >= 15 is 0 Å². The average molecular weight is 283 g/mol. The molecule has 4 heteroatoms. The summed E-state index contributed by atoms with van der Waals surface area (Å²) in [7, 11) is 0. The van der Waals surface area contributed by atoms with E-state index in [1.54, 1.807) is 12.4 Å². The molecule has 1 amide bonds. The lowest BCUT2D eigenvalue weighted by Crippen LogP contribution is -2.30. The second kappa shape index (κ2) is 7.43. The van der Waals surface area contributed by atoms with E-state index in [4.69, 9.17) is 0 Å². The fourth-order valence-corrected chi connectivity index (χ4v) is 2.15. The zero-order valence-corrected chi connectivity index (χ0v) is 12.5. The van der Waals surface area contributed by atoms with Gasteiger partial charge in [-0.05, 0) is 55.8 Å². The highest BCUT2D eigenvalue weighted by Gasteiger charge is 2.14. The second-order valence-electron chi connectivity index (χ2n) is 4.78. The quantitative estimate of drug-likeness (QED) is 0.885. The number of carbonyl (C=O) groups is 1. The van der Waals surface area contributed by atoms with Crippen molar-refractivity contribution in [3.63, 3.8) is 0 Å². The molecular weight excluding hydrogens is 262 g/mol. The normalized spacial score (nSPS) is 10.2. The number of hydrogen-bond acceptors (Lipinski definition) is 3. The van der Waals surface area contributed by atoms with Gasteiger partial charge in [-0.15, -0.1) is 0 Å². The lowest BCUT2D eigenvalue weighted by Gasteiger charge is -2.21. The summed E-state index contributed by atoms with van der Waals surface area (Å²) in [6.07, 6.45) is 3.50. The van der Waals surface area contributed by atoms with Crippen LogP contribution in [0.2, 0.25) is 0 Å². The van der Waals surface area contributed by atoms with Crippen molar-refractivity contribution in [1.29, 1.82) is 0 Å². The number of carbonyl (C=O) groups excluding carboxylic acids is 1. The molecule has 21 heavy (non-hydrogen) atoms. The molecule has 0 unspecified atom stereocenters. The van der Waals surface area contributed by atoms with Crippen molar-refractivity contribution >= 4 is 11.6 Å². The van der Waals surface area contributed by atoms with Crippen LogP contribution in [0.3, 0.4) is 0 Å². The molecule has 0 aliphatic carbocycles. The van der Waals surface area contributed by atoms with E-state index in [0.717, 1.165) is 17.8 Å². The summed E-state index contributed by atoms with van der Waals surface area (Å²) in [5.74, 6) is 0.0531. The first-order chi connectivity index (χ1) is 10.2. The lowest BCUT2D eigenvalue weighted by atomic mass is 10.1. The summed E-state index contributed by atoms with van der Waals surface area (Å²) in [6, 6.07) is 11.5. The Kier molecular flexibility index (Phi) is 5.32. The van der Waals surface area contributed by atoms with Gasteiger partial charge < -0.3 is 10.2 Å². The molecule has 2 rings (SSSR count). The topological polar surface area (TPSA) is 45.2 Å². The van der Waals surface area contributed by atoms with Gasteiger partial charge in [0, 0.05) is 43.3 Å². The smallest absolute Gasteiger partial charge is 0.254 e. The van der Waals surface area contributed by atoms with Crippen molar-refractivity contribution in [2.45, 2.75) is 20.4 Å². The molecule has 0 fully saturated rings. The number of amides is 1. The molecule has 1 heterocycles. The molecule has 1 N–H and O–H groups in total. The van der Waals surface area contributed by atoms with E-state index in [9.17, 15) is 4.79 Å². The van der Waals surface area contributed by atoms with Gasteiger partial charge >= 0.3 is 0 Å². The van der Waals surface area contributed by atoms with Gasteiger partial charge in [0.05, 0.1) is 0 Å². The van der Waals surface area contributed by atoms with Crippen LogP contribution in [0, 0.1) is 0 Å². The maximum absolute atomic E-state index is 12.5. The summed E-state index contributed by atoms with van der Waals surface area (Å²) in [6.45, 7) is 6.19. The van der Waals surface area contributed by atoms with Crippen molar-refractivity contribution in [3.05, 3.63) is 59.9 Å². The Balaban J connectivity index is 2.08. The zero-order chi connectivity index (χ0) is 15.1. The maximum atomic E-state index is 12.5. The maximum Gasteiger partial charge on any atom is 0.254 e. The van der Waals surface area contributed by atoms with E-state index in [2.05, 4.69) is 10.3 Å². The highest BCUT2D eigenvalue weighted by Crippen LogP contribution is 2.13. The first kappa shape index (κ1) is 15.0. The summed E-state index contributed by atoms with van der Waals surface area (Å²) in [4.78, 5) is 18.4. The highest BCUT2D eigenvalue weighted by atomic mass is 16.2. The Morgan fingerprint density at radius 2 is 1.76 bits per heavy atom. The molecule has 0 radical (unpaired) electrons. The minimum atomic E-state index is 0.0531. The molecule has 4 nitrogen and oxygen atoms in total. The number of rotatable bonds is 6. The van der Waals surface area contributed by atoms with Gasteiger partial charge in [-0.25, -0.2) is 0 Å². The molecule has 0 bridgehead atoms. The van der Waals surface area contributed by atoms with Crippen molar-refractivity contribution in [3.8, 4) is 0 Å². The molecule has 1 aromatic carbocycles. The fraction of sp³-hybridized carbons (Fsp3) is 0.294. The lowest BCUT2D eigenvalue weighted by molar-refractivity contribution is 0.0752. The van der Waals surface area contributed by atoms with Crippen LogP contribution in [0.1, 0.15) is 29.8 Å². The number of aromatic nitrogens is 1. The zero-order valence-electron chi connectivity index (χ0n) is 12.5. The van der Waals surface area contributed by atoms with E-state index in [1.165, 1.54) is 0 Å². The van der Waals surface area contributed by atoms with Crippen molar-refractivity contribution < 1.29 is 4.79 Å². The average Bonchev–Trinajstić information content (AvgIpc) is 2.54. The van der Waals surface area contributed by atoms with Gasteiger partial charge in [0.25, 0.3) is 5.91 Å². The molecule has 0 aliphatic rings. The third-order valence-electron chi connectivity index (χ3n) is 3.30. The summed E-state index contributed by atoms with van der Waals surface area (Å²) >= 11 is 0. The molecule has 0 spiro atoms.